The van der Waals surface area contributed by atoms with Crippen molar-refractivity contribution >= 4 is 23.6 Å². The molecule has 3 heterocycles. The first-order chi connectivity index (χ1) is 9.22. The minimum atomic E-state index is -0.206. The van der Waals surface area contributed by atoms with Crippen LogP contribution in [-0.2, 0) is 9.59 Å². The fraction of sp³-hybridized carbons (Fsp3) is 0.857. The van der Waals surface area contributed by atoms with Crippen LogP contribution >= 0.6 is 11.8 Å². The van der Waals surface area contributed by atoms with Crippen molar-refractivity contribution in [2.45, 2.75) is 56.4 Å². The van der Waals surface area contributed by atoms with Crippen LogP contribution in [0.3, 0.4) is 0 Å². The third kappa shape index (κ3) is 2.26. The van der Waals surface area contributed by atoms with Gasteiger partial charge in [-0.3, -0.25) is 9.59 Å². The molecule has 3 aliphatic rings. The molecule has 4 nitrogen and oxygen atoms in total. The third-order valence-electron chi connectivity index (χ3n) is 4.58. The number of hydrogen-bond acceptors (Lipinski definition) is 3. The maximum absolute atomic E-state index is 12.6. The van der Waals surface area contributed by atoms with Crippen molar-refractivity contribution in [3.63, 3.8) is 0 Å². The average Bonchev–Trinajstić information content (AvgIpc) is 3.07. The van der Waals surface area contributed by atoms with Gasteiger partial charge in [-0.25, -0.2) is 0 Å². The summed E-state index contributed by atoms with van der Waals surface area (Å²) in [6.07, 6.45) is 5.01. The zero-order valence-corrected chi connectivity index (χ0v) is 12.3. The molecule has 3 atom stereocenters. The minimum absolute atomic E-state index is 0.151. The summed E-state index contributed by atoms with van der Waals surface area (Å²) in [4.78, 5) is 28.9. The van der Waals surface area contributed by atoms with E-state index in [0.717, 1.165) is 32.4 Å². The standard InChI is InChI=1S/C14H22N2O2S/c1-2-11-13(17)15-7-3-6-12(15)14(18)16(11)9-10-5-4-8-19-10/h10-12H,2-9H2,1H3. The van der Waals surface area contributed by atoms with E-state index in [1.165, 1.54) is 18.6 Å². The van der Waals surface area contributed by atoms with Crippen molar-refractivity contribution in [1.82, 2.24) is 9.80 Å². The summed E-state index contributed by atoms with van der Waals surface area (Å²) in [6.45, 7) is 3.57. The summed E-state index contributed by atoms with van der Waals surface area (Å²) in [5.74, 6) is 1.59. The molecule has 0 aromatic carbocycles. The Balaban J connectivity index is 1.78. The monoisotopic (exact) mass is 282 g/mol. The maximum atomic E-state index is 12.6. The predicted molar refractivity (Wildman–Crippen MR) is 76.0 cm³/mol. The minimum Gasteiger partial charge on any atom is -0.329 e. The van der Waals surface area contributed by atoms with Crippen molar-refractivity contribution < 1.29 is 9.59 Å². The Labute approximate surface area is 118 Å². The Morgan fingerprint density at radius 1 is 1.21 bits per heavy atom. The van der Waals surface area contributed by atoms with Gasteiger partial charge in [0.15, 0.2) is 0 Å². The van der Waals surface area contributed by atoms with Crippen molar-refractivity contribution in [2.75, 3.05) is 18.8 Å². The molecule has 3 rings (SSSR count). The molecule has 0 aromatic heterocycles. The molecular weight excluding hydrogens is 260 g/mol. The van der Waals surface area contributed by atoms with E-state index in [4.69, 9.17) is 0 Å². The first kappa shape index (κ1) is 13.3. The number of piperazine rings is 1. The van der Waals surface area contributed by atoms with Gasteiger partial charge < -0.3 is 9.80 Å². The number of carbonyl (C=O) groups excluding carboxylic acids is 2. The Kier molecular flexibility index (Phi) is 3.74. The van der Waals surface area contributed by atoms with E-state index < -0.39 is 0 Å². The molecule has 106 valence electrons. The van der Waals surface area contributed by atoms with Gasteiger partial charge in [0.1, 0.15) is 12.1 Å². The van der Waals surface area contributed by atoms with Crippen LogP contribution in [0.15, 0.2) is 0 Å². The molecule has 0 spiro atoms. The first-order valence-corrected chi connectivity index (χ1v) is 8.49. The molecule has 5 heteroatoms. The molecule has 0 saturated carbocycles. The van der Waals surface area contributed by atoms with Crippen molar-refractivity contribution in [3.05, 3.63) is 0 Å². The highest BCUT2D eigenvalue weighted by Gasteiger charge is 2.47. The van der Waals surface area contributed by atoms with Gasteiger partial charge in [0.05, 0.1) is 0 Å². The van der Waals surface area contributed by atoms with Crippen LogP contribution in [0.2, 0.25) is 0 Å². The quantitative estimate of drug-likeness (QED) is 0.787. The van der Waals surface area contributed by atoms with E-state index in [0.29, 0.717) is 5.25 Å². The Morgan fingerprint density at radius 3 is 2.74 bits per heavy atom. The lowest BCUT2D eigenvalue weighted by atomic mass is 10.0. The molecular formula is C14H22N2O2S. The van der Waals surface area contributed by atoms with Gasteiger partial charge in [0.25, 0.3) is 0 Å². The zero-order chi connectivity index (χ0) is 13.4. The molecule has 0 bridgehead atoms. The second-order valence-corrected chi connectivity index (χ2v) is 7.15. The Morgan fingerprint density at radius 2 is 2.05 bits per heavy atom. The second-order valence-electron chi connectivity index (χ2n) is 5.74. The normalized spacial score (nSPS) is 35.1. The number of nitrogens with zero attached hydrogens (tertiary/aromatic N) is 2. The van der Waals surface area contributed by atoms with Crippen LogP contribution < -0.4 is 0 Å². The molecule has 3 unspecified atom stereocenters. The number of amides is 2. The van der Waals surface area contributed by atoms with Gasteiger partial charge >= 0.3 is 0 Å². The Hall–Kier alpha value is -0.710. The Bertz CT molecular complexity index is 382. The van der Waals surface area contributed by atoms with Gasteiger partial charge in [-0.2, -0.15) is 11.8 Å². The number of hydrogen-bond donors (Lipinski definition) is 0. The molecule has 0 aromatic rings. The molecule has 19 heavy (non-hydrogen) atoms. The van der Waals surface area contributed by atoms with Crippen LogP contribution in [0.25, 0.3) is 0 Å². The molecule has 3 aliphatic heterocycles. The van der Waals surface area contributed by atoms with Crippen LogP contribution in [0.5, 0.6) is 0 Å². The van der Waals surface area contributed by atoms with Gasteiger partial charge in [-0.15, -0.1) is 0 Å². The fourth-order valence-corrected chi connectivity index (χ4v) is 4.84. The smallest absolute Gasteiger partial charge is 0.246 e. The second kappa shape index (κ2) is 5.35. The lowest BCUT2D eigenvalue weighted by Crippen LogP contribution is -2.63. The van der Waals surface area contributed by atoms with Crippen LogP contribution in [0.1, 0.15) is 39.0 Å². The van der Waals surface area contributed by atoms with E-state index in [-0.39, 0.29) is 23.9 Å². The van der Waals surface area contributed by atoms with Crippen molar-refractivity contribution in [2.24, 2.45) is 0 Å². The summed E-state index contributed by atoms with van der Waals surface area (Å²) in [5, 5.41) is 0.541. The topological polar surface area (TPSA) is 40.6 Å². The van der Waals surface area contributed by atoms with Crippen LogP contribution in [0.4, 0.5) is 0 Å². The van der Waals surface area contributed by atoms with E-state index in [1.807, 2.05) is 28.5 Å². The van der Waals surface area contributed by atoms with Crippen molar-refractivity contribution in [1.29, 1.82) is 0 Å². The largest absolute Gasteiger partial charge is 0.329 e. The van der Waals surface area contributed by atoms with E-state index >= 15 is 0 Å². The van der Waals surface area contributed by atoms with Crippen LogP contribution in [-0.4, -0.2) is 57.8 Å². The molecule has 0 aliphatic carbocycles. The summed E-state index contributed by atoms with van der Waals surface area (Å²) in [7, 11) is 0. The van der Waals surface area contributed by atoms with E-state index in [2.05, 4.69) is 0 Å². The highest BCUT2D eigenvalue weighted by molar-refractivity contribution is 8.00. The highest BCUT2D eigenvalue weighted by atomic mass is 32.2. The summed E-state index contributed by atoms with van der Waals surface area (Å²) in [6, 6.07) is -0.357. The summed E-state index contributed by atoms with van der Waals surface area (Å²) in [5.41, 5.74) is 0. The number of carbonyl (C=O) groups is 2. The van der Waals surface area contributed by atoms with Crippen LogP contribution in [0, 0.1) is 0 Å². The number of thioether (sulfide) groups is 1. The molecule has 3 fully saturated rings. The maximum Gasteiger partial charge on any atom is 0.246 e. The molecule has 3 saturated heterocycles. The van der Waals surface area contributed by atoms with Gasteiger partial charge in [0, 0.05) is 18.3 Å². The predicted octanol–water partition coefficient (Wildman–Crippen LogP) is 1.49. The lowest BCUT2D eigenvalue weighted by molar-refractivity contribution is -0.159. The molecule has 2 amide bonds. The van der Waals surface area contributed by atoms with E-state index in [1.54, 1.807) is 0 Å². The zero-order valence-electron chi connectivity index (χ0n) is 11.5. The average molecular weight is 282 g/mol. The first-order valence-electron chi connectivity index (χ1n) is 7.45. The van der Waals surface area contributed by atoms with Gasteiger partial charge in [-0.1, -0.05) is 6.92 Å². The van der Waals surface area contributed by atoms with Crippen molar-refractivity contribution in [3.8, 4) is 0 Å². The number of fused-ring (bicyclic) bond motifs is 1. The van der Waals surface area contributed by atoms with E-state index in [9.17, 15) is 9.59 Å². The summed E-state index contributed by atoms with van der Waals surface area (Å²) < 4.78 is 0. The highest BCUT2D eigenvalue weighted by Crippen LogP contribution is 2.32. The molecule has 0 N–H and O–H groups in total. The fourth-order valence-electron chi connectivity index (χ4n) is 3.58. The van der Waals surface area contributed by atoms with Gasteiger partial charge in [-0.05, 0) is 37.9 Å². The SMILES string of the molecule is CCC1C(=O)N2CCCC2C(=O)N1CC1CCCS1. The lowest BCUT2D eigenvalue weighted by Gasteiger charge is -2.42. The molecule has 0 radical (unpaired) electrons. The van der Waals surface area contributed by atoms with Gasteiger partial charge in [0.2, 0.25) is 11.8 Å². The summed E-state index contributed by atoms with van der Waals surface area (Å²) >= 11 is 1.96. The third-order valence-corrected chi connectivity index (χ3v) is 5.96. The number of rotatable bonds is 3.